The largest absolute Gasteiger partial charge is 0.479 e. The Hall–Kier alpha value is -2.28. The summed E-state index contributed by atoms with van der Waals surface area (Å²) in [6.07, 6.45) is 47.9. The number of carboxylic acid groups (broad SMARTS) is 1. The average molecular weight is 1100 g/mol. The molecule has 0 spiro atoms. The zero-order valence-corrected chi connectivity index (χ0v) is 50.2. The Balaban J connectivity index is 2.60. The molecule has 1 saturated heterocycles. The highest BCUT2D eigenvalue weighted by molar-refractivity contribution is 5.74. The third-order valence-corrected chi connectivity index (χ3v) is 15.7. The lowest BCUT2D eigenvalue weighted by molar-refractivity contribution is -0.301. The molecule has 0 radical (unpaired) electrons. The van der Waals surface area contributed by atoms with Crippen molar-refractivity contribution < 1.29 is 58.2 Å². The van der Waals surface area contributed by atoms with Crippen LogP contribution in [0.5, 0.6) is 0 Å². The Kier molecular flexibility index (Phi) is 51.3. The van der Waals surface area contributed by atoms with Gasteiger partial charge in [0.1, 0.15) is 18.8 Å². The van der Waals surface area contributed by atoms with E-state index in [0.717, 1.165) is 57.8 Å². The van der Waals surface area contributed by atoms with E-state index in [4.69, 9.17) is 23.7 Å². The van der Waals surface area contributed by atoms with Gasteiger partial charge in [0, 0.05) is 19.3 Å². The van der Waals surface area contributed by atoms with Gasteiger partial charge in [0.15, 0.2) is 24.6 Å². The van der Waals surface area contributed by atoms with E-state index >= 15 is 0 Å². The summed E-state index contributed by atoms with van der Waals surface area (Å²) < 4.78 is 28.5. The molecule has 0 aromatic heterocycles. The molecule has 77 heavy (non-hydrogen) atoms. The second-order valence-corrected chi connectivity index (χ2v) is 23.1. The normalized spacial score (nSPS) is 17.9. The van der Waals surface area contributed by atoms with E-state index in [-0.39, 0.29) is 25.9 Å². The van der Waals surface area contributed by atoms with Crippen LogP contribution in [0.2, 0.25) is 0 Å². The summed E-state index contributed by atoms with van der Waals surface area (Å²) in [5.41, 5.74) is 0. The predicted octanol–water partition coefficient (Wildman–Crippen LogP) is 17.5. The molecule has 12 nitrogen and oxygen atoms in total. The summed E-state index contributed by atoms with van der Waals surface area (Å²) in [6, 6.07) is 0. The molecule has 12 heteroatoms. The fraction of sp³-hybridized carbons (Fsp3) is 0.938. The van der Waals surface area contributed by atoms with Crippen molar-refractivity contribution in [3.8, 4) is 0 Å². The number of rotatable bonds is 58. The topological polar surface area (TPSA) is 175 Å². The lowest BCUT2D eigenvalue weighted by atomic mass is 9.98. The third kappa shape index (κ3) is 44.1. The van der Waals surface area contributed by atoms with Crippen molar-refractivity contribution in [1.29, 1.82) is 0 Å². The van der Waals surface area contributed by atoms with Crippen molar-refractivity contribution in [2.24, 2.45) is 0 Å². The van der Waals surface area contributed by atoms with Gasteiger partial charge >= 0.3 is 23.9 Å². The molecule has 0 saturated carbocycles. The summed E-state index contributed by atoms with van der Waals surface area (Å²) in [6.45, 7) is 6.05. The number of carboxylic acids is 1. The van der Waals surface area contributed by atoms with Gasteiger partial charge in [0.2, 0.25) is 0 Å². The van der Waals surface area contributed by atoms with E-state index in [9.17, 15) is 34.5 Å². The number of ether oxygens (including phenoxy) is 5. The average Bonchev–Trinajstić information content (AvgIpc) is 3.42. The summed E-state index contributed by atoms with van der Waals surface area (Å²) in [5, 5.41) is 31.5. The highest BCUT2D eigenvalue weighted by Crippen LogP contribution is 2.27. The van der Waals surface area contributed by atoms with Crippen molar-refractivity contribution in [3.05, 3.63) is 0 Å². The van der Waals surface area contributed by atoms with Crippen LogP contribution in [0, 0.1) is 0 Å². The second-order valence-electron chi connectivity index (χ2n) is 23.1. The van der Waals surface area contributed by atoms with E-state index in [1.807, 2.05) is 0 Å². The second kappa shape index (κ2) is 54.3. The van der Waals surface area contributed by atoms with Crippen LogP contribution in [0.25, 0.3) is 0 Å². The number of esters is 3. The van der Waals surface area contributed by atoms with Crippen LogP contribution in [0.4, 0.5) is 0 Å². The number of aliphatic hydroxyl groups excluding tert-OH is 2. The molecular formula is C65H122O12. The molecule has 0 aromatic rings. The fourth-order valence-corrected chi connectivity index (χ4v) is 10.6. The molecule has 6 unspecified atom stereocenters. The Labute approximate surface area is 472 Å². The first-order valence-corrected chi connectivity index (χ1v) is 33.0. The molecule has 0 aliphatic carbocycles. The van der Waals surface area contributed by atoms with Crippen LogP contribution in [-0.4, -0.2) is 89.2 Å². The number of hydrogen-bond donors (Lipinski definition) is 3. The highest BCUT2D eigenvalue weighted by Gasteiger charge is 2.50. The van der Waals surface area contributed by atoms with Crippen LogP contribution in [0.15, 0.2) is 0 Å². The monoisotopic (exact) mass is 1090 g/mol. The number of carbonyl (C=O) groups is 4. The van der Waals surface area contributed by atoms with Gasteiger partial charge in [-0.1, -0.05) is 303 Å². The van der Waals surface area contributed by atoms with E-state index in [0.29, 0.717) is 19.3 Å². The predicted molar refractivity (Wildman–Crippen MR) is 313 cm³/mol. The van der Waals surface area contributed by atoms with Crippen LogP contribution >= 0.6 is 0 Å². The minimum absolute atomic E-state index is 0.0700. The van der Waals surface area contributed by atoms with Crippen molar-refractivity contribution >= 4 is 23.9 Å². The van der Waals surface area contributed by atoms with Gasteiger partial charge in [-0.2, -0.15) is 0 Å². The molecular weight excluding hydrogens is 973 g/mol. The first-order valence-electron chi connectivity index (χ1n) is 33.0. The van der Waals surface area contributed by atoms with E-state index in [1.165, 1.54) is 225 Å². The first-order chi connectivity index (χ1) is 37.6. The number of carbonyl (C=O) groups excluding carboxylic acids is 3. The van der Waals surface area contributed by atoms with Gasteiger partial charge in [-0.3, -0.25) is 14.4 Å². The third-order valence-electron chi connectivity index (χ3n) is 15.7. The maximum atomic E-state index is 13.2. The quantitative estimate of drug-likeness (QED) is 0.0299. The summed E-state index contributed by atoms with van der Waals surface area (Å²) in [7, 11) is 0. The number of aliphatic hydroxyl groups is 2. The SMILES string of the molecule is CCCCCCCCCCCCCCCCCCCCCC(=O)OCC(COC1OC(C(=O)O)C(O)C(O)C1OC(=O)CCCCCCCCCCCCC)OC(=O)CCCCCCCCCCCCCCCCCCC. The van der Waals surface area contributed by atoms with Gasteiger partial charge in [0.05, 0.1) is 6.61 Å². The Bertz CT molecular complexity index is 1340. The van der Waals surface area contributed by atoms with Crippen molar-refractivity contribution in [1.82, 2.24) is 0 Å². The molecule has 1 aliphatic heterocycles. The summed E-state index contributed by atoms with van der Waals surface area (Å²) in [5.74, 6) is -3.06. The van der Waals surface area contributed by atoms with Gasteiger partial charge in [-0.15, -0.1) is 0 Å². The molecule has 1 heterocycles. The van der Waals surface area contributed by atoms with Crippen molar-refractivity contribution in [2.45, 2.75) is 379 Å². The maximum absolute atomic E-state index is 13.2. The van der Waals surface area contributed by atoms with Crippen LogP contribution in [-0.2, 0) is 42.9 Å². The number of unbranched alkanes of at least 4 members (excludes halogenated alkanes) is 44. The Morgan fingerprint density at radius 1 is 0.377 bits per heavy atom. The molecule has 1 rings (SSSR count). The summed E-state index contributed by atoms with van der Waals surface area (Å²) >= 11 is 0. The summed E-state index contributed by atoms with van der Waals surface area (Å²) in [4.78, 5) is 51.2. The molecule has 454 valence electrons. The standard InChI is InChI=1S/C65H122O12/c1-4-7-10-13-16-19-22-24-26-28-29-31-32-34-37-39-42-45-48-51-57(66)73-54-56(75-58(67)52-49-46-43-41-38-35-33-30-27-25-23-20-17-14-11-8-5-2)55-74-65-63(61(70)60(69)62(77-65)64(71)72)76-59(68)53-50-47-44-40-36-21-18-15-12-9-6-3/h56,60-63,65,69-70H,4-55H2,1-3H3,(H,71,72). The zero-order valence-electron chi connectivity index (χ0n) is 50.2. The first kappa shape index (κ1) is 72.7. The molecule has 3 N–H and O–H groups in total. The van der Waals surface area contributed by atoms with Crippen LogP contribution in [0.3, 0.4) is 0 Å². The minimum Gasteiger partial charge on any atom is -0.479 e. The van der Waals surface area contributed by atoms with E-state index in [1.54, 1.807) is 0 Å². The molecule has 0 aromatic carbocycles. The lowest BCUT2D eigenvalue weighted by Gasteiger charge is -2.40. The van der Waals surface area contributed by atoms with Crippen LogP contribution in [0.1, 0.15) is 342 Å². The van der Waals surface area contributed by atoms with Crippen LogP contribution < -0.4 is 0 Å². The zero-order chi connectivity index (χ0) is 56.1. The van der Waals surface area contributed by atoms with Gasteiger partial charge < -0.3 is 39.0 Å². The molecule has 1 fully saturated rings. The molecule has 0 bridgehead atoms. The molecule has 0 amide bonds. The van der Waals surface area contributed by atoms with Crippen molar-refractivity contribution in [2.75, 3.05) is 13.2 Å². The van der Waals surface area contributed by atoms with Crippen molar-refractivity contribution in [3.63, 3.8) is 0 Å². The number of aliphatic carboxylic acids is 1. The fourth-order valence-electron chi connectivity index (χ4n) is 10.6. The maximum Gasteiger partial charge on any atom is 0.335 e. The van der Waals surface area contributed by atoms with Gasteiger partial charge in [-0.25, -0.2) is 4.79 Å². The molecule has 6 atom stereocenters. The number of hydrogen-bond acceptors (Lipinski definition) is 11. The van der Waals surface area contributed by atoms with E-state index in [2.05, 4.69) is 20.8 Å². The Morgan fingerprint density at radius 3 is 0.974 bits per heavy atom. The Morgan fingerprint density at radius 2 is 0.662 bits per heavy atom. The minimum atomic E-state index is -1.89. The molecule has 1 aliphatic rings. The smallest absolute Gasteiger partial charge is 0.335 e. The lowest BCUT2D eigenvalue weighted by Crippen LogP contribution is -2.61. The highest BCUT2D eigenvalue weighted by atomic mass is 16.7. The van der Waals surface area contributed by atoms with E-state index < -0.39 is 67.3 Å². The van der Waals surface area contributed by atoms with Gasteiger partial charge in [0.25, 0.3) is 0 Å². The van der Waals surface area contributed by atoms with Gasteiger partial charge in [-0.05, 0) is 19.3 Å².